The third kappa shape index (κ3) is 14.2. The first kappa shape index (κ1) is 30.1. The minimum Gasteiger partial charge on any atom is -0.395 e. The summed E-state index contributed by atoms with van der Waals surface area (Å²) in [5.41, 5.74) is 4.93. The van der Waals surface area contributed by atoms with Gasteiger partial charge in [-0.2, -0.15) is 11.8 Å². The zero-order chi connectivity index (χ0) is 24.6. The van der Waals surface area contributed by atoms with Crippen LogP contribution in [0.1, 0.15) is 66.7 Å². The standard InChI is InChI=1S/C24H41N3O4S/c1-18(2)8-6-9-19(3)10-7-11-20(4)12-13-32-15-21(23(31)27-25)26-22(30)14-24(5,16-28)17-29/h8,10,12,16,21,29H,6-7,9,11,13-15,17,25H2,1-5H3,(H,26,30)(H,27,31)/b19-10+,20-12+/t21-,24-/m0/s1. The molecule has 2 amide bonds. The molecule has 8 heteroatoms. The molecule has 0 bridgehead atoms. The number of aldehydes is 1. The van der Waals surface area contributed by atoms with Crippen molar-refractivity contribution in [2.75, 3.05) is 18.1 Å². The second-order valence-electron chi connectivity index (χ2n) is 8.73. The van der Waals surface area contributed by atoms with Crippen LogP contribution in [0, 0.1) is 5.41 Å². The summed E-state index contributed by atoms with van der Waals surface area (Å²) in [5, 5.41) is 11.9. The second kappa shape index (κ2) is 16.7. The Kier molecular flexibility index (Phi) is 15.7. The summed E-state index contributed by atoms with van der Waals surface area (Å²) in [6.45, 7) is 9.53. The quantitative estimate of drug-likeness (QED) is 0.0691. The summed E-state index contributed by atoms with van der Waals surface area (Å²) >= 11 is 1.51. The molecule has 0 heterocycles. The van der Waals surface area contributed by atoms with Crippen molar-refractivity contribution in [1.82, 2.24) is 10.7 Å². The lowest BCUT2D eigenvalue weighted by molar-refractivity contribution is -0.132. The SMILES string of the molecule is CC(C)=CCC/C(C)=C/CC/C(C)=C/CSC[C@H](NC(=O)C[C@@](C)(C=O)CO)C(=O)NN. The van der Waals surface area contributed by atoms with Crippen molar-refractivity contribution in [3.05, 3.63) is 34.9 Å². The molecule has 7 nitrogen and oxygen atoms in total. The maximum Gasteiger partial charge on any atom is 0.257 e. The minimum atomic E-state index is -1.17. The fourth-order valence-corrected chi connectivity index (χ4v) is 3.77. The van der Waals surface area contributed by atoms with E-state index in [0.29, 0.717) is 17.8 Å². The summed E-state index contributed by atoms with van der Waals surface area (Å²) in [6.07, 6.45) is 11.2. The number of aliphatic hydroxyl groups is 1. The Hall–Kier alpha value is -1.90. The highest BCUT2D eigenvalue weighted by Gasteiger charge is 2.28. The number of nitrogens with two attached hydrogens (primary N) is 1. The lowest BCUT2D eigenvalue weighted by Crippen LogP contribution is -2.51. The highest BCUT2D eigenvalue weighted by atomic mass is 32.2. The van der Waals surface area contributed by atoms with Gasteiger partial charge in [0, 0.05) is 17.9 Å². The van der Waals surface area contributed by atoms with Crippen LogP contribution in [-0.4, -0.2) is 47.4 Å². The number of carbonyl (C=O) groups excluding carboxylic acids is 3. The van der Waals surface area contributed by atoms with Gasteiger partial charge >= 0.3 is 0 Å². The molecule has 0 saturated carbocycles. The maximum atomic E-state index is 12.2. The lowest BCUT2D eigenvalue weighted by Gasteiger charge is -2.22. The minimum absolute atomic E-state index is 0.202. The second-order valence-corrected chi connectivity index (χ2v) is 9.81. The van der Waals surface area contributed by atoms with Gasteiger partial charge in [-0.15, -0.1) is 0 Å². The van der Waals surface area contributed by atoms with Gasteiger partial charge in [0.25, 0.3) is 5.91 Å². The summed E-state index contributed by atoms with van der Waals surface area (Å²) in [6, 6.07) is -0.813. The molecule has 0 spiro atoms. The summed E-state index contributed by atoms with van der Waals surface area (Å²) in [5.74, 6) is 5.30. The van der Waals surface area contributed by atoms with Crippen LogP contribution in [0.15, 0.2) is 34.9 Å². The molecule has 2 atom stereocenters. The maximum absolute atomic E-state index is 12.2. The van der Waals surface area contributed by atoms with Crippen molar-refractivity contribution in [3.63, 3.8) is 0 Å². The van der Waals surface area contributed by atoms with Crippen LogP contribution in [0.3, 0.4) is 0 Å². The van der Waals surface area contributed by atoms with E-state index in [1.807, 2.05) is 0 Å². The number of aliphatic hydroxyl groups excluding tert-OH is 1. The van der Waals surface area contributed by atoms with Crippen molar-refractivity contribution in [3.8, 4) is 0 Å². The average Bonchev–Trinajstić information content (AvgIpc) is 2.74. The molecule has 0 unspecified atom stereocenters. The molecule has 0 aromatic heterocycles. The normalized spacial score (nSPS) is 14.8. The van der Waals surface area contributed by atoms with E-state index < -0.39 is 29.9 Å². The summed E-state index contributed by atoms with van der Waals surface area (Å²) in [4.78, 5) is 35.2. The smallest absolute Gasteiger partial charge is 0.257 e. The number of hydrazine groups is 1. The van der Waals surface area contributed by atoms with Crippen molar-refractivity contribution < 1.29 is 19.5 Å². The average molecular weight is 468 g/mol. The van der Waals surface area contributed by atoms with E-state index in [9.17, 15) is 19.5 Å². The Morgan fingerprint density at radius 2 is 1.66 bits per heavy atom. The Balaban J connectivity index is 4.50. The molecular formula is C24H41N3O4S. The predicted molar refractivity (Wildman–Crippen MR) is 133 cm³/mol. The van der Waals surface area contributed by atoms with Crippen LogP contribution in [0.25, 0.3) is 0 Å². The number of nitrogens with one attached hydrogen (secondary N) is 2. The number of thioether (sulfide) groups is 1. The van der Waals surface area contributed by atoms with Gasteiger partial charge in [-0.25, -0.2) is 5.84 Å². The molecule has 5 N–H and O–H groups in total. The van der Waals surface area contributed by atoms with E-state index >= 15 is 0 Å². The van der Waals surface area contributed by atoms with Crippen molar-refractivity contribution in [2.24, 2.45) is 11.3 Å². The third-order valence-electron chi connectivity index (χ3n) is 4.96. The summed E-state index contributed by atoms with van der Waals surface area (Å²) < 4.78 is 0. The summed E-state index contributed by atoms with van der Waals surface area (Å²) in [7, 11) is 0. The van der Waals surface area contributed by atoms with Crippen LogP contribution >= 0.6 is 11.8 Å². The zero-order valence-electron chi connectivity index (χ0n) is 20.2. The van der Waals surface area contributed by atoms with Crippen molar-refractivity contribution >= 4 is 29.9 Å². The molecule has 0 saturated heterocycles. The third-order valence-corrected chi connectivity index (χ3v) is 5.93. The molecule has 182 valence electrons. The number of amides is 2. The fourth-order valence-electron chi connectivity index (χ4n) is 2.76. The van der Waals surface area contributed by atoms with Crippen LogP contribution in [-0.2, 0) is 14.4 Å². The van der Waals surface area contributed by atoms with Gasteiger partial charge in [-0.05, 0) is 53.4 Å². The van der Waals surface area contributed by atoms with E-state index in [0.717, 1.165) is 25.7 Å². The van der Waals surface area contributed by atoms with E-state index in [-0.39, 0.29) is 6.42 Å². The van der Waals surface area contributed by atoms with Crippen LogP contribution in [0.5, 0.6) is 0 Å². The Morgan fingerprint density at radius 1 is 1.06 bits per heavy atom. The molecule has 0 aliphatic carbocycles. The molecule has 0 rings (SSSR count). The first-order valence-electron chi connectivity index (χ1n) is 11.0. The van der Waals surface area contributed by atoms with Crippen molar-refractivity contribution in [1.29, 1.82) is 0 Å². The molecule has 0 aliphatic rings. The number of hydrogen-bond acceptors (Lipinski definition) is 6. The molecular weight excluding hydrogens is 426 g/mol. The van der Waals surface area contributed by atoms with Gasteiger partial charge in [0.2, 0.25) is 5.91 Å². The number of hydrogen-bond donors (Lipinski definition) is 4. The van der Waals surface area contributed by atoms with Gasteiger partial charge < -0.3 is 15.2 Å². The van der Waals surface area contributed by atoms with Crippen molar-refractivity contribution in [2.45, 2.75) is 72.8 Å². The van der Waals surface area contributed by atoms with Gasteiger partial charge in [0.15, 0.2) is 0 Å². The zero-order valence-corrected chi connectivity index (χ0v) is 21.0. The van der Waals surface area contributed by atoms with Gasteiger partial charge in [-0.3, -0.25) is 15.0 Å². The van der Waals surface area contributed by atoms with Gasteiger partial charge in [-0.1, -0.05) is 41.9 Å². The molecule has 0 aliphatic heterocycles. The van der Waals surface area contributed by atoms with E-state index in [1.165, 1.54) is 35.4 Å². The Labute approximate surface area is 197 Å². The topological polar surface area (TPSA) is 122 Å². The van der Waals surface area contributed by atoms with E-state index in [2.05, 4.69) is 56.7 Å². The molecule has 0 fully saturated rings. The molecule has 0 aromatic carbocycles. The predicted octanol–water partition coefficient (Wildman–Crippen LogP) is 3.20. The molecule has 0 aromatic rings. The van der Waals surface area contributed by atoms with E-state index in [1.54, 1.807) is 0 Å². The number of allylic oxidation sites excluding steroid dienone is 5. The molecule has 0 radical (unpaired) electrons. The van der Waals surface area contributed by atoms with Gasteiger partial charge in [0.1, 0.15) is 12.3 Å². The molecule has 32 heavy (non-hydrogen) atoms. The number of carbonyl (C=O) groups is 3. The fraction of sp³-hybridized carbons (Fsp3) is 0.625. The Morgan fingerprint density at radius 3 is 2.19 bits per heavy atom. The lowest BCUT2D eigenvalue weighted by atomic mass is 9.89. The Bertz CT molecular complexity index is 699. The first-order valence-corrected chi connectivity index (χ1v) is 12.1. The highest BCUT2D eigenvalue weighted by molar-refractivity contribution is 7.99. The largest absolute Gasteiger partial charge is 0.395 e. The van der Waals surface area contributed by atoms with Gasteiger partial charge in [0.05, 0.1) is 12.0 Å². The highest BCUT2D eigenvalue weighted by Crippen LogP contribution is 2.17. The number of rotatable bonds is 16. The van der Waals surface area contributed by atoms with E-state index in [4.69, 9.17) is 5.84 Å². The van der Waals surface area contributed by atoms with Crippen LogP contribution < -0.4 is 16.6 Å². The van der Waals surface area contributed by atoms with Crippen LogP contribution in [0.4, 0.5) is 0 Å². The monoisotopic (exact) mass is 467 g/mol. The van der Waals surface area contributed by atoms with Crippen LogP contribution in [0.2, 0.25) is 0 Å². The first-order chi connectivity index (χ1) is 15.1.